The number of alkyl halides is 3. The first-order chi connectivity index (χ1) is 8.50. The molecule has 92 valence electrons. The lowest BCUT2D eigenvalue weighted by atomic mass is 10.0. The molecule has 0 radical (unpaired) electrons. The molecule has 2 aromatic carbocycles. The Balaban J connectivity index is 2.37. The summed E-state index contributed by atoms with van der Waals surface area (Å²) in [4.78, 5) is 0. The summed E-state index contributed by atoms with van der Waals surface area (Å²) in [6.07, 6.45) is -2.59. The summed E-state index contributed by atoms with van der Waals surface area (Å²) in [7, 11) is 0. The van der Waals surface area contributed by atoms with Gasteiger partial charge in [0.05, 0.1) is 5.56 Å². The Morgan fingerprint density at radius 3 is 2.11 bits per heavy atom. The Labute approximate surface area is 103 Å². The molecule has 0 nitrogen and oxygen atoms in total. The molecule has 0 atom stereocenters. The molecule has 3 heteroatoms. The Bertz CT molecular complexity index is 551. The molecule has 0 heterocycles. The molecule has 0 saturated carbocycles. The first-order valence-corrected chi connectivity index (χ1v) is 5.41. The van der Waals surface area contributed by atoms with Gasteiger partial charge in [-0.2, -0.15) is 13.2 Å². The van der Waals surface area contributed by atoms with E-state index in [1.165, 1.54) is 12.1 Å². The zero-order valence-electron chi connectivity index (χ0n) is 9.54. The van der Waals surface area contributed by atoms with Crippen LogP contribution in [-0.4, -0.2) is 0 Å². The summed E-state index contributed by atoms with van der Waals surface area (Å²) in [6, 6.07) is 12.6. The van der Waals surface area contributed by atoms with Gasteiger partial charge in [-0.3, -0.25) is 0 Å². The molecule has 0 unspecified atom stereocenters. The van der Waals surface area contributed by atoms with Crippen molar-refractivity contribution in [1.82, 2.24) is 0 Å². The maximum Gasteiger partial charge on any atom is 0.416 e. The van der Waals surface area contributed by atoms with Crippen molar-refractivity contribution in [2.24, 2.45) is 0 Å². The standard InChI is InChI=1S/C15H11F3/c1-2-11-4-3-5-13(10-11)12-6-8-14(9-7-12)15(16,17)18/h2-10H,1H2. The number of hydrogen-bond acceptors (Lipinski definition) is 0. The quantitative estimate of drug-likeness (QED) is 0.700. The lowest BCUT2D eigenvalue weighted by molar-refractivity contribution is -0.137. The molecular formula is C15H11F3. The Hall–Kier alpha value is -2.03. The van der Waals surface area contributed by atoms with Crippen LogP contribution in [0.2, 0.25) is 0 Å². The Morgan fingerprint density at radius 1 is 0.889 bits per heavy atom. The van der Waals surface area contributed by atoms with E-state index in [2.05, 4.69) is 6.58 Å². The minimum absolute atomic E-state index is 0.633. The molecule has 0 aliphatic rings. The van der Waals surface area contributed by atoms with Gasteiger partial charge in [-0.25, -0.2) is 0 Å². The van der Waals surface area contributed by atoms with Crippen LogP contribution in [0, 0.1) is 0 Å². The summed E-state index contributed by atoms with van der Waals surface area (Å²) in [6.45, 7) is 3.66. The van der Waals surface area contributed by atoms with Crippen LogP contribution in [0.1, 0.15) is 11.1 Å². The Morgan fingerprint density at radius 2 is 1.56 bits per heavy atom. The van der Waals surface area contributed by atoms with Crippen molar-refractivity contribution in [2.45, 2.75) is 6.18 Å². The summed E-state index contributed by atoms with van der Waals surface area (Å²) in [5.74, 6) is 0. The predicted octanol–water partition coefficient (Wildman–Crippen LogP) is 5.02. The highest BCUT2D eigenvalue weighted by molar-refractivity contribution is 5.67. The molecule has 0 amide bonds. The second-order valence-electron chi connectivity index (χ2n) is 3.90. The van der Waals surface area contributed by atoms with Gasteiger partial charge >= 0.3 is 6.18 Å². The van der Waals surface area contributed by atoms with Gasteiger partial charge < -0.3 is 0 Å². The van der Waals surface area contributed by atoms with Crippen LogP contribution in [0.4, 0.5) is 13.2 Å². The number of rotatable bonds is 2. The van der Waals surface area contributed by atoms with Crippen LogP contribution < -0.4 is 0 Å². The fourth-order valence-corrected chi connectivity index (χ4v) is 1.70. The zero-order chi connectivity index (χ0) is 13.2. The number of halogens is 3. The molecule has 0 bridgehead atoms. The van der Waals surface area contributed by atoms with Gasteiger partial charge in [0, 0.05) is 0 Å². The van der Waals surface area contributed by atoms with Crippen molar-refractivity contribution in [3.8, 4) is 11.1 Å². The topological polar surface area (TPSA) is 0 Å². The molecule has 18 heavy (non-hydrogen) atoms. The van der Waals surface area contributed by atoms with E-state index >= 15 is 0 Å². The second-order valence-corrected chi connectivity index (χ2v) is 3.90. The minimum atomic E-state index is -4.29. The molecule has 2 rings (SSSR count). The zero-order valence-corrected chi connectivity index (χ0v) is 9.54. The highest BCUT2D eigenvalue weighted by Gasteiger charge is 2.29. The van der Waals surface area contributed by atoms with E-state index in [1.807, 2.05) is 24.3 Å². The van der Waals surface area contributed by atoms with Gasteiger partial charge in [-0.15, -0.1) is 0 Å². The predicted molar refractivity (Wildman–Crippen MR) is 67.0 cm³/mol. The molecule has 0 spiro atoms. The van der Waals surface area contributed by atoms with E-state index < -0.39 is 11.7 Å². The molecule has 0 N–H and O–H groups in total. The lowest BCUT2D eigenvalue weighted by Crippen LogP contribution is -2.03. The Kier molecular flexibility index (Phi) is 3.24. The lowest BCUT2D eigenvalue weighted by Gasteiger charge is -2.08. The van der Waals surface area contributed by atoms with E-state index in [-0.39, 0.29) is 0 Å². The van der Waals surface area contributed by atoms with E-state index in [0.717, 1.165) is 28.8 Å². The van der Waals surface area contributed by atoms with E-state index in [9.17, 15) is 13.2 Å². The van der Waals surface area contributed by atoms with E-state index in [4.69, 9.17) is 0 Å². The van der Waals surface area contributed by atoms with Crippen LogP contribution in [0.5, 0.6) is 0 Å². The third-order valence-electron chi connectivity index (χ3n) is 2.67. The smallest absolute Gasteiger partial charge is 0.166 e. The first-order valence-electron chi connectivity index (χ1n) is 5.41. The average molecular weight is 248 g/mol. The molecular weight excluding hydrogens is 237 g/mol. The molecule has 0 aliphatic carbocycles. The summed E-state index contributed by atoms with van der Waals surface area (Å²) < 4.78 is 37.3. The highest BCUT2D eigenvalue weighted by Crippen LogP contribution is 2.31. The third-order valence-corrected chi connectivity index (χ3v) is 2.67. The van der Waals surface area contributed by atoms with Crippen molar-refractivity contribution in [3.05, 3.63) is 66.2 Å². The monoisotopic (exact) mass is 248 g/mol. The third kappa shape index (κ3) is 2.62. The molecule has 2 aromatic rings. The highest BCUT2D eigenvalue weighted by atomic mass is 19.4. The van der Waals surface area contributed by atoms with Gasteiger partial charge in [-0.05, 0) is 34.9 Å². The molecule has 0 saturated heterocycles. The largest absolute Gasteiger partial charge is 0.416 e. The fourth-order valence-electron chi connectivity index (χ4n) is 1.70. The van der Waals surface area contributed by atoms with Crippen molar-refractivity contribution < 1.29 is 13.2 Å². The van der Waals surface area contributed by atoms with Gasteiger partial charge in [0.25, 0.3) is 0 Å². The molecule has 0 aromatic heterocycles. The number of benzene rings is 2. The summed E-state index contributed by atoms with van der Waals surface area (Å²) in [5, 5.41) is 0. The normalized spacial score (nSPS) is 11.3. The average Bonchev–Trinajstić information content (AvgIpc) is 2.38. The second kappa shape index (κ2) is 4.69. The number of hydrogen-bond donors (Lipinski definition) is 0. The SMILES string of the molecule is C=Cc1cccc(-c2ccc(C(F)(F)F)cc2)c1. The maximum atomic E-state index is 12.4. The molecule has 0 aliphatic heterocycles. The summed E-state index contributed by atoms with van der Waals surface area (Å²) >= 11 is 0. The van der Waals surface area contributed by atoms with Crippen LogP contribution in [0.3, 0.4) is 0 Å². The maximum absolute atomic E-state index is 12.4. The van der Waals surface area contributed by atoms with Crippen LogP contribution >= 0.6 is 0 Å². The van der Waals surface area contributed by atoms with Crippen molar-refractivity contribution in [2.75, 3.05) is 0 Å². The van der Waals surface area contributed by atoms with Gasteiger partial charge in [0.1, 0.15) is 0 Å². The van der Waals surface area contributed by atoms with Crippen molar-refractivity contribution in [1.29, 1.82) is 0 Å². The van der Waals surface area contributed by atoms with E-state index in [1.54, 1.807) is 6.08 Å². The van der Waals surface area contributed by atoms with Crippen LogP contribution in [0.25, 0.3) is 17.2 Å². The first kappa shape index (κ1) is 12.4. The van der Waals surface area contributed by atoms with Crippen molar-refractivity contribution in [3.63, 3.8) is 0 Å². The van der Waals surface area contributed by atoms with E-state index in [0.29, 0.717) is 0 Å². The van der Waals surface area contributed by atoms with Crippen LogP contribution in [-0.2, 0) is 6.18 Å². The van der Waals surface area contributed by atoms with Crippen molar-refractivity contribution >= 4 is 6.08 Å². The fraction of sp³-hybridized carbons (Fsp3) is 0.0667. The van der Waals surface area contributed by atoms with Gasteiger partial charge in [0.2, 0.25) is 0 Å². The minimum Gasteiger partial charge on any atom is -0.166 e. The molecule has 0 fully saturated rings. The summed E-state index contributed by atoms with van der Waals surface area (Å²) in [5.41, 5.74) is 1.94. The van der Waals surface area contributed by atoms with Gasteiger partial charge in [0.15, 0.2) is 0 Å². The van der Waals surface area contributed by atoms with Crippen LogP contribution in [0.15, 0.2) is 55.1 Å². The van der Waals surface area contributed by atoms with Gasteiger partial charge in [-0.1, -0.05) is 43.0 Å².